The Kier molecular flexibility index (Phi) is 6.72. The Balaban J connectivity index is 1.68. The minimum absolute atomic E-state index is 0.0709. The van der Waals surface area contributed by atoms with Crippen LogP contribution in [-0.2, 0) is 27.2 Å². The summed E-state index contributed by atoms with van der Waals surface area (Å²) >= 11 is 1.51. The molecule has 7 nitrogen and oxygen atoms in total. The van der Waals surface area contributed by atoms with E-state index in [1.165, 1.54) is 16.2 Å². The third-order valence-electron chi connectivity index (χ3n) is 5.43. The Morgan fingerprint density at radius 2 is 1.93 bits per heavy atom. The van der Waals surface area contributed by atoms with Crippen molar-refractivity contribution in [2.24, 2.45) is 5.92 Å². The van der Waals surface area contributed by atoms with E-state index in [9.17, 15) is 14.4 Å². The molecule has 3 rings (SSSR count). The highest BCUT2D eigenvalue weighted by Crippen LogP contribution is 2.40. The fraction of sp³-hybridized carbons (Fsp3) is 0.650. The van der Waals surface area contributed by atoms with Gasteiger partial charge in [0.25, 0.3) is 0 Å². The average Bonchev–Trinajstić information content (AvgIpc) is 2.98. The summed E-state index contributed by atoms with van der Waals surface area (Å²) in [4.78, 5) is 41.6. The van der Waals surface area contributed by atoms with Crippen molar-refractivity contribution >= 4 is 34.1 Å². The monoisotopic (exact) mass is 407 g/mol. The van der Waals surface area contributed by atoms with Crippen LogP contribution in [0.3, 0.4) is 0 Å². The first-order valence-corrected chi connectivity index (χ1v) is 10.8. The minimum atomic E-state index is -0.347. The lowest BCUT2D eigenvalue weighted by Crippen LogP contribution is -2.49. The number of hydrogen-bond donors (Lipinski definition) is 1. The van der Waals surface area contributed by atoms with Crippen molar-refractivity contribution in [3.05, 3.63) is 16.0 Å². The Morgan fingerprint density at radius 1 is 1.21 bits per heavy atom. The van der Waals surface area contributed by atoms with Crippen molar-refractivity contribution in [2.45, 2.75) is 40.0 Å². The third kappa shape index (κ3) is 4.72. The van der Waals surface area contributed by atoms with Crippen molar-refractivity contribution in [2.75, 3.05) is 44.6 Å². The predicted octanol–water partition coefficient (Wildman–Crippen LogP) is 2.15. The van der Waals surface area contributed by atoms with Crippen molar-refractivity contribution < 1.29 is 19.1 Å². The molecule has 0 aromatic carbocycles. The summed E-state index contributed by atoms with van der Waals surface area (Å²) in [5, 5.41) is 3.58. The van der Waals surface area contributed by atoms with Crippen LogP contribution < -0.4 is 5.32 Å². The molecule has 1 unspecified atom stereocenters. The maximum Gasteiger partial charge on any atom is 0.341 e. The molecule has 1 aliphatic carbocycles. The van der Waals surface area contributed by atoms with Gasteiger partial charge in [0.15, 0.2) is 0 Å². The number of carbonyl (C=O) groups excluding carboxylic acids is 3. The van der Waals surface area contributed by atoms with E-state index in [0.717, 1.165) is 24.8 Å². The molecule has 154 valence electrons. The zero-order chi connectivity index (χ0) is 20.3. The number of rotatable bonds is 5. The number of esters is 1. The Hall–Kier alpha value is -1.93. The molecule has 1 fully saturated rings. The fourth-order valence-electron chi connectivity index (χ4n) is 3.85. The van der Waals surface area contributed by atoms with E-state index in [2.05, 4.69) is 12.2 Å². The van der Waals surface area contributed by atoms with E-state index in [1.807, 2.05) is 4.90 Å². The SMILES string of the molecule is CCOC(=O)c1c(NC(=O)CN2CCN(C(C)=O)CC2)sc2c1CCC(C)C2. The number of carbonyl (C=O) groups is 3. The van der Waals surface area contributed by atoms with E-state index in [-0.39, 0.29) is 24.3 Å². The normalized spacial score (nSPS) is 19.8. The van der Waals surface area contributed by atoms with Gasteiger partial charge in [0, 0.05) is 38.0 Å². The van der Waals surface area contributed by atoms with Gasteiger partial charge in [0.1, 0.15) is 5.00 Å². The van der Waals surface area contributed by atoms with Crippen molar-refractivity contribution in [3.8, 4) is 0 Å². The van der Waals surface area contributed by atoms with Gasteiger partial charge in [-0.05, 0) is 37.7 Å². The van der Waals surface area contributed by atoms with Crippen molar-refractivity contribution in [3.63, 3.8) is 0 Å². The van der Waals surface area contributed by atoms with Crippen molar-refractivity contribution in [1.29, 1.82) is 0 Å². The molecule has 1 N–H and O–H groups in total. The van der Waals surface area contributed by atoms with E-state index < -0.39 is 0 Å². The number of hydrogen-bond acceptors (Lipinski definition) is 6. The minimum Gasteiger partial charge on any atom is -0.462 e. The standard InChI is InChI=1S/C20H29N3O4S/c1-4-27-20(26)18-15-6-5-13(2)11-16(15)28-19(18)21-17(25)12-22-7-9-23(10-8-22)14(3)24/h13H,4-12H2,1-3H3,(H,21,25). The molecule has 1 saturated heterocycles. The second-order valence-corrected chi connectivity index (χ2v) is 8.71. The third-order valence-corrected chi connectivity index (χ3v) is 6.60. The molecule has 28 heavy (non-hydrogen) atoms. The quantitative estimate of drug-likeness (QED) is 0.757. The lowest BCUT2D eigenvalue weighted by atomic mass is 9.88. The van der Waals surface area contributed by atoms with Crippen LogP contribution in [-0.4, -0.2) is 66.9 Å². The van der Waals surface area contributed by atoms with Crippen LogP contribution in [0.1, 0.15) is 48.0 Å². The molecule has 2 heterocycles. The van der Waals surface area contributed by atoms with Gasteiger partial charge in [-0.2, -0.15) is 0 Å². The van der Waals surface area contributed by atoms with E-state index in [0.29, 0.717) is 49.3 Å². The fourth-order valence-corrected chi connectivity index (χ4v) is 5.26. The zero-order valence-electron chi connectivity index (χ0n) is 16.9. The highest BCUT2D eigenvalue weighted by atomic mass is 32.1. The Morgan fingerprint density at radius 3 is 2.57 bits per heavy atom. The van der Waals surface area contributed by atoms with Gasteiger partial charge >= 0.3 is 5.97 Å². The van der Waals surface area contributed by atoms with Crippen LogP contribution in [0, 0.1) is 5.92 Å². The summed E-state index contributed by atoms with van der Waals surface area (Å²) in [7, 11) is 0. The highest BCUT2D eigenvalue weighted by molar-refractivity contribution is 7.17. The number of nitrogens with one attached hydrogen (secondary N) is 1. The van der Waals surface area contributed by atoms with Gasteiger partial charge < -0.3 is 15.0 Å². The number of thiophene rings is 1. The molecule has 1 aromatic rings. The van der Waals surface area contributed by atoms with E-state index in [1.54, 1.807) is 18.7 Å². The summed E-state index contributed by atoms with van der Waals surface area (Å²) in [6.07, 6.45) is 2.84. The molecule has 0 radical (unpaired) electrons. The number of amides is 2. The summed E-state index contributed by atoms with van der Waals surface area (Å²) in [6.45, 7) is 8.78. The number of nitrogens with zero attached hydrogens (tertiary/aromatic N) is 2. The van der Waals surface area contributed by atoms with Gasteiger partial charge in [-0.3, -0.25) is 14.5 Å². The number of fused-ring (bicyclic) bond motifs is 1. The first-order valence-electron chi connectivity index (χ1n) is 9.98. The number of piperazine rings is 1. The Labute approximate surface area is 170 Å². The van der Waals surface area contributed by atoms with Crippen LogP contribution >= 0.6 is 11.3 Å². The molecule has 1 aliphatic heterocycles. The van der Waals surface area contributed by atoms with Gasteiger partial charge in [-0.25, -0.2) is 4.79 Å². The van der Waals surface area contributed by atoms with Crippen LogP contribution in [0.25, 0.3) is 0 Å². The van der Waals surface area contributed by atoms with Gasteiger partial charge in [0.2, 0.25) is 11.8 Å². The summed E-state index contributed by atoms with van der Waals surface area (Å²) in [5.74, 6) is 0.178. The lowest BCUT2D eigenvalue weighted by molar-refractivity contribution is -0.130. The second kappa shape index (κ2) is 9.05. The summed E-state index contributed by atoms with van der Waals surface area (Å²) in [5.41, 5.74) is 1.59. The van der Waals surface area contributed by atoms with Gasteiger partial charge in [0.05, 0.1) is 18.7 Å². The molecule has 2 aliphatic rings. The predicted molar refractivity (Wildman–Crippen MR) is 109 cm³/mol. The molecule has 2 amide bonds. The van der Waals surface area contributed by atoms with E-state index in [4.69, 9.17) is 4.74 Å². The topological polar surface area (TPSA) is 79.0 Å². The summed E-state index contributed by atoms with van der Waals surface area (Å²) < 4.78 is 5.25. The largest absolute Gasteiger partial charge is 0.462 e. The molecule has 8 heteroatoms. The molecular formula is C20H29N3O4S. The van der Waals surface area contributed by atoms with Crippen molar-refractivity contribution in [1.82, 2.24) is 9.80 Å². The number of anilines is 1. The average molecular weight is 408 g/mol. The van der Waals surface area contributed by atoms with Crippen LogP contribution in [0.4, 0.5) is 5.00 Å². The maximum absolute atomic E-state index is 12.6. The molecule has 1 aromatic heterocycles. The highest BCUT2D eigenvalue weighted by Gasteiger charge is 2.29. The smallest absolute Gasteiger partial charge is 0.341 e. The van der Waals surface area contributed by atoms with Crippen LogP contribution in [0.15, 0.2) is 0 Å². The van der Waals surface area contributed by atoms with Crippen LogP contribution in [0.2, 0.25) is 0 Å². The van der Waals surface area contributed by atoms with E-state index >= 15 is 0 Å². The second-order valence-electron chi connectivity index (χ2n) is 7.61. The van der Waals surface area contributed by atoms with Crippen LogP contribution in [0.5, 0.6) is 0 Å². The van der Waals surface area contributed by atoms with Gasteiger partial charge in [-0.15, -0.1) is 11.3 Å². The summed E-state index contributed by atoms with van der Waals surface area (Å²) in [6, 6.07) is 0. The van der Waals surface area contributed by atoms with Gasteiger partial charge in [-0.1, -0.05) is 6.92 Å². The zero-order valence-corrected chi connectivity index (χ0v) is 17.7. The molecular weight excluding hydrogens is 378 g/mol. The Bertz CT molecular complexity index is 753. The first-order chi connectivity index (χ1) is 13.4. The maximum atomic E-state index is 12.6. The molecule has 1 atom stereocenters. The number of ether oxygens (including phenoxy) is 1. The lowest BCUT2D eigenvalue weighted by Gasteiger charge is -2.33. The molecule has 0 saturated carbocycles. The molecule has 0 bridgehead atoms. The first kappa shape index (κ1) is 20.8. The molecule has 0 spiro atoms.